The Morgan fingerprint density at radius 1 is 1.00 bits per heavy atom. The van der Waals surface area contributed by atoms with Gasteiger partial charge in [-0.2, -0.15) is 13.2 Å². The number of aryl methyl sites for hydroxylation is 1. The van der Waals surface area contributed by atoms with Gasteiger partial charge in [0.25, 0.3) is 0 Å². The summed E-state index contributed by atoms with van der Waals surface area (Å²) in [7, 11) is 0. The lowest BCUT2D eigenvalue weighted by Crippen LogP contribution is -2.21. The maximum Gasteiger partial charge on any atom is 0.420 e. The molecule has 0 fully saturated rings. The van der Waals surface area contributed by atoms with Gasteiger partial charge in [-0.3, -0.25) is 0 Å². The maximum absolute atomic E-state index is 13.4. The van der Waals surface area contributed by atoms with Gasteiger partial charge in [-0.25, -0.2) is 9.97 Å². The molecule has 3 nitrogen and oxygen atoms in total. The molecule has 0 bridgehead atoms. The summed E-state index contributed by atoms with van der Waals surface area (Å²) in [5.41, 5.74) is 1.04. The van der Waals surface area contributed by atoms with Gasteiger partial charge in [-0.1, -0.05) is 48.2 Å². The quantitative estimate of drug-likeness (QED) is 0.492. The van der Waals surface area contributed by atoms with Crippen LogP contribution in [0.5, 0.6) is 0 Å². The number of hydrogen-bond acceptors (Lipinski definition) is 4. The van der Waals surface area contributed by atoms with Crippen LogP contribution in [0.3, 0.4) is 0 Å². The van der Waals surface area contributed by atoms with Crippen molar-refractivity contribution in [3.8, 4) is 0 Å². The summed E-state index contributed by atoms with van der Waals surface area (Å²) in [5.74, 6) is 0.248. The third-order valence-corrected chi connectivity index (χ3v) is 4.98. The van der Waals surface area contributed by atoms with Crippen LogP contribution in [-0.4, -0.2) is 16.5 Å². The van der Waals surface area contributed by atoms with Crippen molar-refractivity contribution in [2.24, 2.45) is 0 Å². The first-order chi connectivity index (χ1) is 12.9. The summed E-state index contributed by atoms with van der Waals surface area (Å²) >= 11 is 0.985. The van der Waals surface area contributed by atoms with Crippen LogP contribution in [0.4, 0.5) is 24.8 Å². The average Bonchev–Trinajstić information content (AvgIpc) is 2.64. The molecule has 27 heavy (non-hydrogen) atoms. The van der Waals surface area contributed by atoms with Gasteiger partial charge >= 0.3 is 6.18 Å². The highest BCUT2D eigenvalue weighted by atomic mass is 32.2. The molecule has 0 aliphatic carbocycles. The van der Waals surface area contributed by atoms with Gasteiger partial charge in [0.1, 0.15) is 10.6 Å². The minimum absolute atomic E-state index is 0.106. The zero-order valence-electron chi connectivity index (χ0n) is 14.9. The Morgan fingerprint density at radius 3 is 2.30 bits per heavy atom. The molecule has 7 heteroatoms. The first-order valence-electron chi connectivity index (χ1n) is 8.40. The molecule has 0 amide bonds. The second-order valence-electron chi connectivity index (χ2n) is 5.83. The van der Waals surface area contributed by atoms with Crippen molar-refractivity contribution in [2.45, 2.75) is 29.9 Å². The van der Waals surface area contributed by atoms with E-state index in [1.807, 2.05) is 49.1 Å². The summed E-state index contributed by atoms with van der Waals surface area (Å²) in [5, 5.41) is -0.106. The van der Waals surface area contributed by atoms with Gasteiger partial charge in [0.15, 0.2) is 0 Å². The van der Waals surface area contributed by atoms with Crippen LogP contribution in [0, 0.1) is 6.92 Å². The fourth-order valence-electron chi connectivity index (χ4n) is 2.65. The third-order valence-electron chi connectivity index (χ3n) is 3.97. The summed E-state index contributed by atoms with van der Waals surface area (Å²) < 4.78 is 40.3. The predicted molar refractivity (Wildman–Crippen MR) is 101 cm³/mol. The first-order valence-corrected chi connectivity index (χ1v) is 9.22. The Labute approximate surface area is 160 Å². The van der Waals surface area contributed by atoms with E-state index in [1.54, 1.807) is 24.3 Å². The molecule has 0 N–H and O–H groups in total. The van der Waals surface area contributed by atoms with Gasteiger partial charge in [-0.05, 0) is 37.6 Å². The number of nitrogens with zero attached hydrogens (tertiary/aromatic N) is 3. The topological polar surface area (TPSA) is 29.0 Å². The van der Waals surface area contributed by atoms with E-state index in [2.05, 4.69) is 9.97 Å². The van der Waals surface area contributed by atoms with E-state index >= 15 is 0 Å². The Bertz CT molecular complexity index is 914. The van der Waals surface area contributed by atoms with Crippen LogP contribution in [0.25, 0.3) is 0 Å². The van der Waals surface area contributed by atoms with Crippen LogP contribution < -0.4 is 4.90 Å². The fraction of sp³-hybridized carbons (Fsp3) is 0.200. The number of benzene rings is 2. The molecular formula is C20H18F3N3S. The Hall–Kier alpha value is -2.54. The molecule has 0 saturated heterocycles. The average molecular weight is 389 g/mol. The highest BCUT2D eigenvalue weighted by Crippen LogP contribution is 2.39. The number of aromatic nitrogens is 2. The van der Waals surface area contributed by atoms with Gasteiger partial charge in [0, 0.05) is 23.3 Å². The summed E-state index contributed by atoms with van der Waals surface area (Å²) in [6, 6.07) is 16.5. The van der Waals surface area contributed by atoms with Crippen LogP contribution in [0.1, 0.15) is 18.1 Å². The normalized spacial score (nSPS) is 11.4. The maximum atomic E-state index is 13.4. The van der Waals surface area contributed by atoms with Crippen molar-refractivity contribution in [2.75, 3.05) is 11.4 Å². The standard InChI is InChI=1S/C20H18F3N3S/c1-3-26(17-12-8-7-9-14(17)2)19-24-13-16(20(21,22)23)18(25-19)27-15-10-5-4-6-11-15/h4-13H,3H2,1-2H3. The second kappa shape index (κ2) is 8.00. The summed E-state index contributed by atoms with van der Waals surface area (Å²) in [6.07, 6.45) is -3.65. The molecule has 2 aromatic carbocycles. The van der Waals surface area contributed by atoms with Crippen LogP contribution in [0.15, 0.2) is 70.7 Å². The van der Waals surface area contributed by atoms with E-state index in [0.29, 0.717) is 11.4 Å². The largest absolute Gasteiger partial charge is 0.420 e. The highest BCUT2D eigenvalue weighted by Gasteiger charge is 2.35. The minimum atomic E-state index is -4.52. The number of para-hydroxylation sites is 1. The van der Waals surface area contributed by atoms with Crippen molar-refractivity contribution in [1.82, 2.24) is 9.97 Å². The molecule has 0 radical (unpaired) electrons. The lowest BCUT2D eigenvalue weighted by atomic mass is 10.2. The first kappa shape index (κ1) is 19.2. The Morgan fingerprint density at radius 2 is 1.67 bits per heavy atom. The molecule has 3 aromatic rings. The van der Waals surface area contributed by atoms with Gasteiger partial charge in [0.2, 0.25) is 5.95 Å². The zero-order chi connectivity index (χ0) is 19.4. The lowest BCUT2D eigenvalue weighted by molar-refractivity contribution is -0.140. The second-order valence-corrected chi connectivity index (χ2v) is 6.89. The number of alkyl halides is 3. The summed E-state index contributed by atoms with van der Waals surface area (Å²) in [6.45, 7) is 4.39. The molecule has 1 heterocycles. The molecule has 0 aliphatic heterocycles. The molecule has 0 aliphatic rings. The van der Waals surface area contributed by atoms with Gasteiger partial charge in [-0.15, -0.1) is 0 Å². The highest BCUT2D eigenvalue weighted by molar-refractivity contribution is 7.99. The van der Waals surface area contributed by atoms with Crippen LogP contribution in [0.2, 0.25) is 0 Å². The van der Waals surface area contributed by atoms with E-state index < -0.39 is 11.7 Å². The monoisotopic (exact) mass is 389 g/mol. The van der Waals surface area contributed by atoms with Crippen LogP contribution in [-0.2, 0) is 6.18 Å². The molecule has 1 aromatic heterocycles. The van der Waals surface area contributed by atoms with E-state index in [-0.39, 0.29) is 11.0 Å². The number of hydrogen-bond donors (Lipinski definition) is 0. The smallest absolute Gasteiger partial charge is 0.311 e. The zero-order valence-corrected chi connectivity index (χ0v) is 15.7. The van der Waals surface area contributed by atoms with E-state index in [9.17, 15) is 13.2 Å². The van der Waals surface area contributed by atoms with Gasteiger partial charge in [0.05, 0.1) is 0 Å². The molecule has 0 spiro atoms. The van der Waals surface area contributed by atoms with E-state index in [0.717, 1.165) is 29.2 Å². The molecule has 3 rings (SSSR count). The number of anilines is 2. The molecular weight excluding hydrogens is 371 g/mol. The van der Waals surface area contributed by atoms with Gasteiger partial charge < -0.3 is 4.90 Å². The predicted octanol–water partition coefficient (Wildman–Crippen LogP) is 6.11. The summed E-state index contributed by atoms with van der Waals surface area (Å²) in [4.78, 5) is 10.8. The van der Waals surface area contributed by atoms with E-state index in [1.165, 1.54) is 0 Å². The molecule has 0 unspecified atom stereocenters. The van der Waals surface area contributed by atoms with Crippen molar-refractivity contribution in [3.05, 3.63) is 71.9 Å². The van der Waals surface area contributed by atoms with Crippen molar-refractivity contribution in [3.63, 3.8) is 0 Å². The van der Waals surface area contributed by atoms with Crippen LogP contribution >= 0.6 is 11.8 Å². The Kier molecular flexibility index (Phi) is 5.70. The van der Waals surface area contributed by atoms with Crippen molar-refractivity contribution in [1.29, 1.82) is 0 Å². The van der Waals surface area contributed by atoms with Crippen molar-refractivity contribution >= 4 is 23.4 Å². The van der Waals surface area contributed by atoms with E-state index in [4.69, 9.17) is 0 Å². The minimum Gasteiger partial charge on any atom is -0.311 e. The molecule has 140 valence electrons. The number of halogens is 3. The molecule has 0 atom stereocenters. The van der Waals surface area contributed by atoms with Crippen molar-refractivity contribution < 1.29 is 13.2 Å². The SMILES string of the molecule is CCN(c1ncc(C(F)(F)F)c(Sc2ccccc2)n1)c1ccccc1C. The lowest BCUT2D eigenvalue weighted by Gasteiger charge is -2.24. The fourth-order valence-corrected chi connectivity index (χ4v) is 3.57. The Balaban J connectivity index is 2.07. The third kappa shape index (κ3) is 4.42. The molecule has 0 saturated carbocycles. The number of rotatable bonds is 5.